The molecule has 1 aliphatic rings. The van der Waals surface area contributed by atoms with Gasteiger partial charge in [-0.3, -0.25) is 19.3 Å². The molecule has 0 bridgehead atoms. The third-order valence-electron chi connectivity index (χ3n) is 3.45. The van der Waals surface area contributed by atoms with Crippen LogP contribution in [0.15, 0.2) is 24.3 Å². The Balaban J connectivity index is 2.31. The van der Waals surface area contributed by atoms with Crippen LogP contribution in [0.25, 0.3) is 0 Å². The van der Waals surface area contributed by atoms with Gasteiger partial charge in [-0.1, -0.05) is 6.07 Å². The molecule has 1 fully saturated rings. The van der Waals surface area contributed by atoms with Crippen molar-refractivity contribution in [3.05, 3.63) is 29.8 Å². The standard InChI is InChI=1S/C15H18N2O3/c1-3-16(4-2)15(20)11-6-5-7-12(10-11)17-13(18)8-9-14(17)19/h5-7,10H,3-4,8-9H2,1-2H3. The van der Waals surface area contributed by atoms with Crippen molar-refractivity contribution < 1.29 is 14.4 Å². The summed E-state index contributed by atoms with van der Waals surface area (Å²) in [6.45, 7) is 5.08. The number of carbonyl (C=O) groups excluding carboxylic acids is 3. The lowest BCUT2D eigenvalue weighted by atomic mass is 10.1. The van der Waals surface area contributed by atoms with E-state index >= 15 is 0 Å². The first-order valence-corrected chi connectivity index (χ1v) is 6.83. The van der Waals surface area contributed by atoms with Gasteiger partial charge >= 0.3 is 0 Å². The quantitative estimate of drug-likeness (QED) is 0.787. The van der Waals surface area contributed by atoms with E-state index in [0.29, 0.717) is 24.3 Å². The molecule has 3 amide bonds. The second-order valence-electron chi connectivity index (χ2n) is 4.65. The van der Waals surface area contributed by atoms with Gasteiger partial charge in [0.2, 0.25) is 11.8 Å². The first-order valence-electron chi connectivity index (χ1n) is 6.83. The van der Waals surface area contributed by atoms with Gasteiger partial charge in [-0.05, 0) is 32.0 Å². The van der Waals surface area contributed by atoms with Crippen LogP contribution >= 0.6 is 0 Å². The van der Waals surface area contributed by atoms with Crippen LogP contribution in [-0.4, -0.2) is 35.7 Å². The molecular weight excluding hydrogens is 256 g/mol. The predicted molar refractivity (Wildman–Crippen MR) is 75.4 cm³/mol. The molecule has 1 aliphatic heterocycles. The highest BCUT2D eigenvalue weighted by Gasteiger charge is 2.30. The highest BCUT2D eigenvalue weighted by atomic mass is 16.2. The average molecular weight is 274 g/mol. The summed E-state index contributed by atoms with van der Waals surface area (Å²) in [6.07, 6.45) is 0.486. The summed E-state index contributed by atoms with van der Waals surface area (Å²) < 4.78 is 0. The van der Waals surface area contributed by atoms with Crippen molar-refractivity contribution in [1.82, 2.24) is 4.90 Å². The van der Waals surface area contributed by atoms with Crippen LogP contribution in [0.3, 0.4) is 0 Å². The van der Waals surface area contributed by atoms with Gasteiger partial charge in [0.1, 0.15) is 0 Å². The molecule has 0 spiro atoms. The Kier molecular flexibility index (Phi) is 4.17. The molecule has 0 saturated carbocycles. The SMILES string of the molecule is CCN(CC)C(=O)c1cccc(N2C(=O)CCC2=O)c1. The van der Waals surface area contributed by atoms with Crippen LogP contribution in [-0.2, 0) is 9.59 Å². The Hall–Kier alpha value is -2.17. The zero-order valence-corrected chi connectivity index (χ0v) is 11.8. The zero-order chi connectivity index (χ0) is 14.7. The molecule has 0 aliphatic carbocycles. The van der Waals surface area contributed by atoms with Crippen LogP contribution in [0, 0.1) is 0 Å². The summed E-state index contributed by atoms with van der Waals surface area (Å²) in [5, 5.41) is 0. The lowest BCUT2D eigenvalue weighted by Crippen LogP contribution is -2.31. The largest absolute Gasteiger partial charge is 0.339 e. The molecule has 0 atom stereocenters. The molecule has 0 unspecified atom stereocenters. The van der Waals surface area contributed by atoms with Crippen LogP contribution in [0.2, 0.25) is 0 Å². The van der Waals surface area contributed by atoms with E-state index in [2.05, 4.69) is 0 Å². The Labute approximate surface area is 118 Å². The zero-order valence-electron chi connectivity index (χ0n) is 11.8. The number of imide groups is 1. The number of hydrogen-bond acceptors (Lipinski definition) is 3. The molecule has 5 nitrogen and oxygen atoms in total. The van der Waals surface area contributed by atoms with Crippen molar-refractivity contribution in [3.63, 3.8) is 0 Å². The normalized spacial score (nSPS) is 14.8. The van der Waals surface area contributed by atoms with Gasteiger partial charge in [0, 0.05) is 31.5 Å². The van der Waals surface area contributed by atoms with Gasteiger partial charge in [0.25, 0.3) is 5.91 Å². The summed E-state index contributed by atoms with van der Waals surface area (Å²) >= 11 is 0. The molecule has 0 N–H and O–H groups in total. The Morgan fingerprint density at radius 3 is 2.30 bits per heavy atom. The smallest absolute Gasteiger partial charge is 0.253 e. The second-order valence-corrected chi connectivity index (χ2v) is 4.65. The van der Waals surface area contributed by atoms with Crippen LogP contribution in [0.1, 0.15) is 37.0 Å². The molecule has 1 aromatic rings. The Morgan fingerprint density at radius 1 is 1.15 bits per heavy atom. The maximum atomic E-state index is 12.3. The minimum Gasteiger partial charge on any atom is -0.339 e. The van der Waals surface area contributed by atoms with Crippen LogP contribution < -0.4 is 4.90 Å². The first-order chi connectivity index (χ1) is 9.58. The summed E-state index contributed by atoms with van der Waals surface area (Å²) in [6, 6.07) is 6.70. The van der Waals surface area contributed by atoms with Gasteiger partial charge in [0.15, 0.2) is 0 Å². The molecule has 20 heavy (non-hydrogen) atoms. The topological polar surface area (TPSA) is 57.7 Å². The van der Waals surface area contributed by atoms with Crippen LogP contribution in [0.5, 0.6) is 0 Å². The van der Waals surface area contributed by atoms with Crippen molar-refractivity contribution >= 4 is 23.4 Å². The minimum atomic E-state index is -0.206. The van der Waals surface area contributed by atoms with Crippen molar-refractivity contribution in [1.29, 1.82) is 0 Å². The van der Waals surface area contributed by atoms with Crippen molar-refractivity contribution in [2.75, 3.05) is 18.0 Å². The van der Waals surface area contributed by atoms with Gasteiger partial charge in [-0.2, -0.15) is 0 Å². The molecule has 0 radical (unpaired) electrons. The number of carbonyl (C=O) groups is 3. The van der Waals surface area contributed by atoms with E-state index in [0.717, 1.165) is 0 Å². The number of amides is 3. The number of nitrogens with zero attached hydrogens (tertiary/aromatic N) is 2. The maximum absolute atomic E-state index is 12.3. The molecule has 1 saturated heterocycles. The van der Waals surface area contributed by atoms with E-state index in [9.17, 15) is 14.4 Å². The summed E-state index contributed by atoms with van der Waals surface area (Å²) in [5.41, 5.74) is 0.981. The van der Waals surface area contributed by atoms with Gasteiger partial charge < -0.3 is 4.90 Å². The van der Waals surface area contributed by atoms with Crippen molar-refractivity contribution in [2.45, 2.75) is 26.7 Å². The van der Waals surface area contributed by atoms with Gasteiger partial charge in [-0.15, -0.1) is 0 Å². The van der Waals surface area contributed by atoms with Crippen LogP contribution in [0.4, 0.5) is 5.69 Å². The lowest BCUT2D eigenvalue weighted by Gasteiger charge is -2.20. The van der Waals surface area contributed by atoms with Gasteiger partial charge in [-0.25, -0.2) is 0 Å². The first kappa shape index (κ1) is 14.2. The number of rotatable bonds is 4. The molecule has 2 rings (SSSR count). The number of hydrogen-bond donors (Lipinski definition) is 0. The van der Waals surface area contributed by atoms with E-state index in [-0.39, 0.29) is 30.6 Å². The number of anilines is 1. The highest BCUT2D eigenvalue weighted by Crippen LogP contribution is 2.23. The summed E-state index contributed by atoms with van der Waals surface area (Å²) in [5.74, 6) is -0.499. The monoisotopic (exact) mass is 274 g/mol. The lowest BCUT2D eigenvalue weighted by molar-refractivity contribution is -0.121. The van der Waals surface area contributed by atoms with E-state index in [1.807, 2.05) is 13.8 Å². The van der Waals surface area contributed by atoms with E-state index < -0.39 is 0 Å². The van der Waals surface area contributed by atoms with E-state index in [4.69, 9.17) is 0 Å². The highest BCUT2D eigenvalue weighted by molar-refractivity contribution is 6.20. The fraction of sp³-hybridized carbons (Fsp3) is 0.400. The molecule has 0 aromatic heterocycles. The van der Waals surface area contributed by atoms with E-state index in [1.165, 1.54) is 4.90 Å². The van der Waals surface area contributed by atoms with Crippen molar-refractivity contribution in [2.24, 2.45) is 0 Å². The minimum absolute atomic E-state index is 0.0871. The number of benzene rings is 1. The van der Waals surface area contributed by atoms with E-state index in [1.54, 1.807) is 29.2 Å². The van der Waals surface area contributed by atoms with Crippen molar-refractivity contribution in [3.8, 4) is 0 Å². The molecule has 1 aromatic carbocycles. The third kappa shape index (κ3) is 2.57. The summed E-state index contributed by atoms with van der Waals surface area (Å²) in [4.78, 5) is 38.6. The maximum Gasteiger partial charge on any atom is 0.253 e. The van der Waals surface area contributed by atoms with Gasteiger partial charge in [0.05, 0.1) is 5.69 Å². The fourth-order valence-corrected chi connectivity index (χ4v) is 2.34. The third-order valence-corrected chi connectivity index (χ3v) is 3.45. The summed E-state index contributed by atoms with van der Waals surface area (Å²) in [7, 11) is 0. The predicted octanol–water partition coefficient (Wildman–Crippen LogP) is 1.82. The second kappa shape index (κ2) is 5.86. The molecule has 5 heteroatoms. The molecular formula is C15H18N2O3. The fourth-order valence-electron chi connectivity index (χ4n) is 2.34. The molecule has 1 heterocycles. The Morgan fingerprint density at radius 2 is 1.75 bits per heavy atom. The molecule has 106 valence electrons. The average Bonchev–Trinajstić information content (AvgIpc) is 2.79. The Bertz CT molecular complexity index is 534.